The molecule has 1 N–H and O–H groups in total. The van der Waals surface area contributed by atoms with Crippen LogP contribution in [0, 0.1) is 0 Å². The summed E-state index contributed by atoms with van der Waals surface area (Å²) in [4.78, 5) is 9.48. The summed E-state index contributed by atoms with van der Waals surface area (Å²) >= 11 is 4.04. The van der Waals surface area contributed by atoms with Gasteiger partial charge in [0.15, 0.2) is 0 Å². The second kappa shape index (κ2) is 5.80. The van der Waals surface area contributed by atoms with E-state index in [9.17, 15) is 0 Å². The van der Waals surface area contributed by atoms with E-state index in [0.29, 0.717) is 11.3 Å². The van der Waals surface area contributed by atoms with E-state index in [2.05, 4.69) is 16.5 Å². The van der Waals surface area contributed by atoms with E-state index in [1.165, 1.54) is 41.4 Å². The Morgan fingerprint density at radius 2 is 2.33 bits per heavy atom. The lowest BCUT2D eigenvalue weighted by atomic mass is 9.92. The Morgan fingerprint density at radius 3 is 3.11 bits per heavy atom. The first-order chi connectivity index (χ1) is 8.88. The highest BCUT2D eigenvalue weighted by atomic mass is 32.2. The van der Waals surface area contributed by atoms with Gasteiger partial charge in [0.2, 0.25) is 0 Å². The summed E-state index contributed by atoms with van der Waals surface area (Å²) in [6.07, 6.45) is 5.63. The monoisotopic (exact) mass is 281 g/mol. The molecule has 0 amide bonds. The van der Waals surface area contributed by atoms with Crippen molar-refractivity contribution in [2.24, 2.45) is 0 Å². The third kappa shape index (κ3) is 2.53. The van der Waals surface area contributed by atoms with Crippen LogP contribution < -0.4 is 5.32 Å². The van der Waals surface area contributed by atoms with Crippen LogP contribution in [0.25, 0.3) is 0 Å². The Labute approximate surface area is 117 Å². The largest absolute Gasteiger partial charge is 0.313 e. The first-order valence-corrected chi connectivity index (χ1v) is 8.81. The molecular weight excluding hydrogens is 262 g/mol. The van der Waals surface area contributed by atoms with Crippen molar-refractivity contribution in [2.45, 2.75) is 30.6 Å². The Balaban J connectivity index is 1.85. The molecule has 1 saturated heterocycles. The summed E-state index contributed by atoms with van der Waals surface area (Å²) in [6, 6.07) is 0.455. The number of fused-ring (bicyclic) bond motifs is 1. The fourth-order valence-corrected chi connectivity index (χ4v) is 5.26. The van der Waals surface area contributed by atoms with Gasteiger partial charge in [0.25, 0.3) is 0 Å². The summed E-state index contributed by atoms with van der Waals surface area (Å²) in [6.45, 7) is 0. The Kier molecular flexibility index (Phi) is 4.11. The van der Waals surface area contributed by atoms with E-state index in [1.54, 1.807) is 0 Å². The van der Waals surface area contributed by atoms with Gasteiger partial charge in [-0.25, -0.2) is 9.97 Å². The first kappa shape index (κ1) is 12.8. The zero-order chi connectivity index (χ0) is 12.4. The third-order valence-electron chi connectivity index (χ3n) is 3.65. The van der Waals surface area contributed by atoms with Crippen molar-refractivity contribution < 1.29 is 0 Å². The van der Waals surface area contributed by atoms with Crippen molar-refractivity contribution >= 4 is 23.5 Å². The SMILES string of the molecule is CNC1CCCc2nc(C3CSCCS3)ncc21. The first-order valence-electron chi connectivity index (χ1n) is 6.61. The highest BCUT2D eigenvalue weighted by molar-refractivity contribution is 8.06. The van der Waals surface area contributed by atoms with Gasteiger partial charge in [-0.05, 0) is 26.3 Å². The van der Waals surface area contributed by atoms with E-state index in [4.69, 9.17) is 4.98 Å². The van der Waals surface area contributed by atoms with Crippen LogP contribution in [0.5, 0.6) is 0 Å². The van der Waals surface area contributed by atoms with Crippen molar-refractivity contribution in [3.63, 3.8) is 0 Å². The minimum Gasteiger partial charge on any atom is -0.313 e. The van der Waals surface area contributed by atoms with Gasteiger partial charge in [-0.1, -0.05) is 0 Å². The number of thioether (sulfide) groups is 2. The van der Waals surface area contributed by atoms with Crippen molar-refractivity contribution in [3.05, 3.63) is 23.3 Å². The minimum absolute atomic E-state index is 0.455. The molecule has 1 aromatic heterocycles. The molecule has 0 radical (unpaired) electrons. The summed E-state index contributed by atoms with van der Waals surface area (Å²) < 4.78 is 0. The second-order valence-corrected chi connectivity index (χ2v) is 7.26. The van der Waals surface area contributed by atoms with Crippen LogP contribution >= 0.6 is 23.5 Å². The molecule has 2 unspecified atom stereocenters. The van der Waals surface area contributed by atoms with Crippen molar-refractivity contribution in [1.82, 2.24) is 15.3 Å². The fourth-order valence-electron chi connectivity index (χ4n) is 2.65. The van der Waals surface area contributed by atoms with Crippen molar-refractivity contribution in [3.8, 4) is 0 Å². The van der Waals surface area contributed by atoms with Crippen LogP contribution in [0.15, 0.2) is 6.20 Å². The zero-order valence-electron chi connectivity index (χ0n) is 10.7. The topological polar surface area (TPSA) is 37.8 Å². The Morgan fingerprint density at radius 1 is 1.39 bits per heavy atom. The third-order valence-corrected chi connectivity index (χ3v) is 6.40. The molecule has 0 aromatic carbocycles. The predicted octanol–water partition coefficient (Wildman–Crippen LogP) is 2.59. The lowest BCUT2D eigenvalue weighted by Gasteiger charge is -2.26. The molecule has 1 aliphatic carbocycles. The smallest absolute Gasteiger partial charge is 0.142 e. The predicted molar refractivity (Wildman–Crippen MR) is 79.3 cm³/mol. The van der Waals surface area contributed by atoms with Crippen LogP contribution in [0.4, 0.5) is 0 Å². The number of aromatic nitrogens is 2. The summed E-state index contributed by atoms with van der Waals surface area (Å²) in [5.41, 5.74) is 2.60. The zero-order valence-corrected chi connectivity index (χ0v) is 12.3. The highest BCUT2D eigenvalue weighted by Crippen LogP contribution is 2.36. The van der Waals surface area contributed by atoms with Gasteiger partial charge in [0, 0.05) is 40.8 Å². The Hall–Kier alpha value is -0.260. The maximum atomic E-state index is 4.85. The molecule has 2 atom stereocenters. The lowest BCUT2D eigenvalue weighted by molar-refractivity contribution is 0.485. The molecule has 0 spiro atoms. The van der Waals surface area contributed by atoms with Crippen molar-refractivity contribution in [1.29, 1.82) is 0 Å². The number of rotatable bonds is 2. The molecule has 3 rings (SSSR count). The van der Waals surface area contributed by atoms with Gasteiger partial charge < -0.3 is 5.32 Å². The molecule has 2 aliphatic rings. The molecule has 1 fully saturated rings. The number of hydrogen-bond donors (Lipinski definition) is 1. The van der Waals surface area contributed by atoms with E-state index in [-0.39, 0.29) is 0 Å². The number of nitrogens with one attached hydrogen (secondary N) is 1. The fraction of sp³-hybridized carbons (Fsp3) is 0.692. The Bertz CT molecular complexity index is 419. The van der Waals surface area contributed by atoms with Crippen LogP contribution in [0.1, 0.15) is 41.2 Å². The van der Waals surface area contributed by atoms with Crippen LogP contribution in [-0.4, -0.2) is 34.3 Å². The highest BCUT2D eigenvalue weighted by Gasteiger charge is 2.24. The summed E-state index contributed by atoms with van der Waals surface area (Å²) in [5.74, 6) is 4.73. The van der Waals surface area contributed by atoms with E-state index in [1.807, 2.05) is 30.6 Å². The molecular formula is C13H19N3S2. The average Bonchev–Trinajstić information content (AvgIpc) is 2.47. The van der Waals surface area contributed by atoms with Crippen LogP contribution in [-0.2, 0) is 6.42 Å². The van der Waals surface area contributed by atoms with Gasteiger partial charge >= 0.3 is 0 Å². The second-order valence-electron chi connectivity index (χ2n) is 4.80. The van der Waals surface area contributed by atoms with Crippen molar-refractivity contribution in [2.75, 3.05) is 24.3 Å². The van der Waals surface area contributed by atoms with E-state index in [0.717, 1.165) is 12.2 Å². The molecule has 98 valence electrons. The molecule has 5 heteroatoms. The van der Waals surface area contributed by atoms with Gasteiger partial charge in [-0.15, -0.1) is 11.8 Å². The van der Waals surface area contributed by atoms with Crippen LogP contribution in [0.2, 0.25) is 0 Å². The lowest BCUT2D eigenvalue weighted by Crippen LogP contribution is -2.24. The summed E-state index contributed by atoms with van der Waals surface area (Å²) in [5, 5.41) is 3.87. The molecule has 3 nitrogen and oxygen atoms in total. The number of aryl methyl sites for hydroxylation is 1. The van der Waals surface area contributed by atoms with Gasteiger partial charge in [0.1, 0.15) is 5.82 Å². The normalized spacial score (nSPS) is 27.8. The van der Waals surface area contributed by atoms with Crippen LogP contribution in [0.3, 0.4) is 0 Å². The summed E-state index contributed by atoms with van der Waals surface area (Å²) in [7, 11) is 2.03. The van der Waals surface area contributed by atoms with E-state index < -0.39 is 0 Å². The van der Waals surface area contributed by atoms with E-state index >= 15 is 0 Å². The van der Waals surface area contributed by atoms with Gasteiger partial charge in [-0.3, -0.25) is 0 Å². The van der Waals surface area contributed by atoms with Gasteiger partial charge in [0.05, 0.1) is 5.25 Å². The van der Waals surface area contributed by atoms with Gasteiger partial charge in [-0.2, -0.15) is 11.8 Å². The maximum absolute atomic E-state index is 4.85. The average molecular weight is 281 g/mol. The quantitative estimate of drug-likeness (QED) is 0.902. The molecule has 2 heterocycles. The number of hydrogen-bond acceptors (Lipinski definition) is 5. The molecule has 1 aliphatic heterocycles. The molecule has 0 bridgehead atoms. The maximum Gasteiger partial charge on any atom is 0.142 e. The molecule has 0 saturated carbocycles. The standard InChI is InChI=1S/C13H19N3S2/c1-14-10-3-2-4-11-9(10)7-15-13(16-11)12-8-17-5-6-18-12/h7,10,12,14H,2-6,8H2,1H3. The molecule has 1 aromatic rings. The minimum atomic E-state index is 0.455. The molecule has 18 heavy (non-hydrogen) atoms. The number of nitrogens with zero attached hydrogens (tertiary/aromatic N) is 2.